The largest absolute Gasteiger partial charge is 0.352 e. The Morgan fingerprint density at radius 2 is 1.77 bits per heavy atom. The first-order valence-electron chi connectivity index (χ1n) is 10.2. The van der Waals surface area contributed by atoms with Crippen LogP contribution in [-0.2, 0) is 13.0 Å². The quantitative estimate of drug-likeness (QED) is 0.347. The zero-order chi connectivity index (χ0) is 21.8. The van der Waals surface area contributed by atoms with Gasteiger partial charge in [-0.1, -0.05) is 59.1 Å². The maximum absolute atomic E-state index is 12.3. The number of aryl methyl sites for hydroxylation is 2. The molecule has 158 valence electrons. The third-order valence-electron chi connectivity index (χ3n) is 5.23. The van der Waals surface area contributed by atoms with Crippen LogP contribution in [0.3, 0.4) is 0 Å². The fraction of sp³-hybridized carbons (Fsp3) is 0.200. The van der Waals surface area contributed by atoms with Crippen molar-refractivity contribution in [2.75, 3.05) is 6.54 Å². The lowest BCUT2D eigenvalue weighted by molar-refractivity contribution is 0.0953. The van der Waals surface area contributed by atoms with Crippen molar-refractivity contribution < 1.29 is 4.79 Å². The van der Waals surface area contributed by atoms with Crippen molar-refractivity contribution in [1.29, 1.82) is 0 Å². The van der Waals surface area contributed by atoms with Crippen molar-refractivity contribution in [3.05, 3.63) is 99.3 Å². The standard InChI is InChI=1S/C25H23Cl2N3O/c1-17-8-11-19(12-9-17)25(31)28-14-4-7-24-29-22-5-2-3-6-23(22)30(24)16-18-10-13-20(26)21(27)15-18/h2-3,5-6,8-13,15H,4,7,14,16H2,1H3,(H,28,31). The number of aromatic nitrogens is 2. The van der Waals surface area contributed by atoms with E-state index in [9.17, 15) is 4.79 Å². The molecular formula is C25H23Cl2N3O. The highest BCUT2D eigenvalue weighted by molar-refractivity contribution is 6.42. The molecule has 4 nitrogen and oxygen atoms in total. The molecule has 0 saturated heterocycles. The van der Waals surface area contributed by atoms with Crippen LogP contribution in [0.4, 0.5) is 0 Å². The molecule has 1 aromatic heterocycles. The second-order valence-electron chi connectivity index (χ2n) is 7.58. The first kappa shape index (κ1) is 21.4. The van der Waals surface area contributed by atoms with Gasteiger partial charge in [0.25, 0.3) is 5.91 Å². The van der Waals surface area contributed by atoms with E-state index < -0.39 is 0 Å². The number of carbonyl (C=O) groups excluding carboxylic acids is 1. The zero-order valence-electron chi connectivity index (χ0n) is 17.2. The fourth-order valence-corrected chi connectivity index (χ4v) is 3.89. The normalized spacial score (nSPS) is 11.1. The highest BCUT2D eigenvalue weighted by Crippen LogP contribution is 2.25. The summed E-state index contributed by atoms with van der Waals surface area (Å²) in [4.78, 5) is 17.1. The Labute approximate surface area is 191 Å². The van der Waals surface area contributed by atoms with Gasteiger partial charge in [0, 0.05) is 25.1 Å². The van der Waals surface area contributed by atoms with Gasteiger partial charge in [0.05, 0.1) is 21.1 Å². The zero-order valence-corrected chi connectivity index (χ0v) is 18.7. The SMILES string of the molecule is Cc1ccc(C(=O)NCCCc2nc3ccccc3n2Cc2ccc(Cl)c(Cl)c2)cc1. The average molecular weight is 452 g/mol. The van der Waals surface area contributed by atoms with Crippen LogP contribution < -0.4 is 5.32 Å². The molecule has 0 saturated carbocycles. The first-order valence-corrected chi connectivity index (χ1v) is 11.0. The predicted molar refractivity (Wildman–Crippen MR) is 127 cm³/mol. The predicted octanol–water partition coefficient (Wildman–Crippen LogP) is 6.06. The van der Waals surface area contributed by atoms with Crippen molar-refractivity contribution in [1.82, 2.24) is 14.9 Å². The lowest BCUT2D eigenvalue weighted by Crippen LogP contribution is -2.25. The lowest BCUT2D eigenvalue weighted by Gasteiger charge is -2.11. The number of carbonyl (C=O) groups is 1. The summed E-state index contributed by atoms with van der Waals surface area (Å²) in [6, 6.07) is 21.4. The molecule has 3 aromatic carbocycles. The molecule has 1 heterocycles. The van der Waals surface area contributed by atoms with Gasteiger partial charge >= 0.3 is 0 Å². The van der Waals surface area contributed by atoms with Crippen LogP contribution >= 0.6 is 23.2 Å². The number of imidazole rings is 1. The Morgan fingerprint density at radius 3 is 2.55 bits per heavy atom. The number of nitrogens with zero attached hydrogens (tertiary/aromatic N) is 2. The summed E-state index contributed by atoms with van der Waals surface area (Å²) in [5.74, 6) is 0.932. The van der Waals surface area contributed by atoms with Crippen LogP contribution in [0.2, 0.25) is 10.0 Å². The van der Waals surface area contributed by atoms with E-state index in [1.807, 2.05) is 67.6 Å². The van der Waals surface area contributed by atoms with Gasteiger partial charge in [-0.15, -0.1) is 0 Å². The third kappa shape index (κ3) is 5.09. The van der Waals surface area contributed by atoms with E-state index in [0.717, 1.165) is 40.8 Å². The second-order valence-corrected chi connectivity index (χ2v) is 8.39. The van der Waals surface area contributed by atoms with Crippen LogP contribution in [0.5, 0.6) is 0 Å². The Bertz CT molecular complexity index is 1220. The van der Waals surface area contributed by atoms with Crippen molar-refractivity contribution >= 4 is 40.1 Å². The number of hydrogen-bond acceptors (Lipinski definition) is 2. The van der Waals surface area contributed by atoms with Crippen LogP contribution in [0.1, 0.15) is 33.7 Å². The number of nitrogens with one attached hydrogen (secondary N) is 1. The van der Waals surface area contributed by atoms with Gasteiger partial charge in [-0.3, -0.25) is 4.79 Å². The number of amides is 1. The van der Waals surface area contributed by atoms with Crippen molar-refractivity contribution in [2.24, 2.45) is 0 Å². The van der Waals surface area contributed by atoms with E-state index in [0.29, 0.717) is 28.7 Å². The van der Waals surface area contributed by atoms with Crippen molar-refractivity contribution in [3.8, 4) is 0 Å². The van der Waals surface area contributed by atoms with Gasteiger partial charge in [-0.25, -0.2) is 4.98 Å². The highest BCUT2D eigenvalue weighted by Gasteiger charge is 2.12. The lowest BCUT2D eigenvalue weighted by atomic mass is 10.1. The van der Waals surface area contributed by atoms with Gasteiger partial charge in [0.1, 0.15) is 5.82 Å². The minimum atomic E-state index is -0.0516. The van der Waals surface area contributed by atoms with Gasteiger partial charge in [0.2, 0.25) is 0 Å². The van der Waals surface area contributed by atoms with Gasteiger partial charge in [-0.2, -0.15) is 0 Å². The topological polar surface area (TPSA) is 46.9 Å². The molecule has 0 aliphatic carbocycles. The van der Waals surface area contributed by atoms with E-state index >= 15 is 0 Å². The maximum Gasteiger partial charge on any atom is 0.251 e. The van der Waals surface area contributed by atoms with Gasteiger partial charge in [0.15, 0.2) is 0 Å². The summed E-state index contributed by atoms with van der Waals surface area (Å²) in [5.41, 5.74) is 4.91. The number of benzene rings is 3. The molecule has 0 bridgehead atoms. The maximum atomic E-state index is 12.3. The first-order chi connectivity index (χ1) is 15.0. The molecule has 1 amide bonds. The average Bonchev–Trinajstić information content (AvgIpc) is 3.11. The Kier molecular flexibility index (Phi) is 6.59. The van der Waals surface area contributed by atoms with Crippen LogP contribution in [0.15, 0.2) is 66.7 Å². The fourth-order valence-electron chi connectivity index (χ4n) is 3.57. The van der Waals surface area contributed by atoms with Crippen LogP contribution in [0.25, 0.3) is 11.0 Å². The molecule has 6 heteroatoms. The number of halogens is 2. The molecule has 0 aliphatic heterocycles. The van der Waals surface area contributed by atoms with Crippen molar-refractivity contribution in [2.45, 2.75) is 26.3 Å². The number of hydrogen-bond donors (Lipinski definition) is 1. The molecule has 0 atom stereocenters. The van der Waals surface area contributed by atoms with E-state index in [2.05, 4.69) is 16.0 Å². The Morgan fingerprint density at radius 1 is 1.00 bits per heavy atom. The van der Waals surface area contributed by atoms with Gasteiger partial charge in [-0.05, 0) is 55.3 Å². The van der Waals surface area contributed by atoms with E-state index in [1.54, 1.807) is 0 Å². The molecule has 0 fully saturated rings. The van der Waals surface area contributed by atoms with E-state index in [-0.39, 0.29) is 5.91 Å². The third-order valence-corrected chi connectivity index (χ3v) is 5.97. The van der Waals surface area contributed by atoms with E-state index in [4.69, 9.17) is 28.2 Å². The molecule has 0 unspecified atom stereocenters. The molecule has 0 radical (unpaired) electrons. The van der Waals surface area contributed by atoms with Gasteiger partial charge < -0.3 is 9.88 Å². The minimum absolute atomic E-state index is 0.0516. The summed E-state index contributed by atoms with van der Waals surface area (Å²) in [7, 11) is 0. The molecular weight excluding hydrogens is 429 g/mol. The Hall–Kier alpha value is -2.82. The Balaban J connectivity index is 1.45. The summed E-state index contributed by atoms with van der Waals surface area (Å²) >= 11 is 12.3. The highest BCUT2D eigenvalue weighted by atomic mass is 35.5. The monoisotopic (exact) mass is 451 g/mol. The number of rotatable bonds is 7. The number of fused-ring (bicyclic) bond motifs is 1. The van der Waals surface area contributed by atoms with Crippen molar-refractivity contribution in [3.63, 3.8) is 0 Å². The molecule has 4 aromatic rings. The summed E-state index contributed by atoms with van der Waals surface area (Å²) < 4.78 is 2.21. The minimum Gasteiger partial charge on any atom is -0.352 e. The summed E-state index contributed by atoms with van der Waals surface area (Å²) in [6.45, 7) is 3.25. The molecule has 31 heavy (non-hydrogen) atoms. The summed E-state index contributed by atoms with van der Waals surface area (Å²) in [5, 5.41) is 4.09. The van der Waals surface area contributed by atoms with Crippen LogP contribution in [-0.4, -0.2) is 22.0 Å². The molecule has 0 aliphatic rings. The molecule has 4 rings (SSSR count). The summed E-state index contributed by atoms with van der Waals surface area (Å²) in [6.07, 6.45) is 1.55. The smallest absolute Gasteiger partial charge is 0.251 e. The van der Waals surface area contributed by atoms with E-state index in [1.165, 1.54) is 0 Å². The van der Waals surface area contributed by atoms with Crippen LogP contribution in [0, 0.1) is 6.92 Å². The second kappa shape index (κ2) is 9.54. The number of para-hydroxylation sites is 2. The molecule has 1 N–H and O–H groups in total. The molecule has 0 spiro atoms.